The summed E-state index contributed by atoms with van der Waals surface area (Å²) in [6.07, 6.45) is -3.03. The Morgan fingerprint density at radius 3 is 2.55 bits per heavy atom. The Bertz CT molecular complexity index is 632. The van der Waals surface area contributed by atoms with Crippen LogP contribution in [0.3, 0.4) is 0 Å². The SMILES string of the molecule is CSCCC(NS(=O)(=O)c1cccc(C(F)(F)F)c1)C(=O)[O-]. The quantitative estimate of drug-likeness (QED) is 0.783. The first-order chi connectivity index (χ1) is 10.1. The molecule has 0 bridgehead atoms. The molecule has 0 aliphatic carbocycles. The summed E-state index contributed by atoms with van der Waals surface area (Å²) in [5.74, 6) is -1.28. The van der Waals surface area contributed by atoms with Crippen molar-refractivity contribution in [1.29, 1.82) is 0 Å². The van der Waals surface area contributed by atoms with E-state index in [1.165, 1.54) is 11.8 Å². The molecule has 0 heterocycles. The third-order valence-corrected chi connectivity index (χ3v) is 4.78. The van der Waals surface area contributed by atoms with Crippen molar-refractivity contribution in [3.05, 3.63) is 29.8 Å². The second kappa shape index (κ2) is 7.34. The van der Waals surface area contributed by atoms with Crippen LogP contribution in [0.4, 0.5) is 13.2 Å². The number of rotatable bonds is 7. The molecule has 0 fully saturated rings. The minimum atomic E-state index is -4.70. The van der Waals surface area contributed by atoms with E-state index in [1.807, 2.05) is 4.72 Å². The average Bonchev–Trinajstić information content (AvgIpc) is 2.42. The standard InChI is InChI=1S/C12H14F3NO4S2/c1-21-6-5-10(11(17)18)16-22(19,20)9-4-2-3-8(7-9)12(13,14)15/h2-4,7,10,16H,5-6H2,1H3,(H,17,18)/p-1. The monoisotopic (exact) mass is 356 g/mol. The summed E-state index contributed by atoms with van der Waals surface area (Å²) in [4.78, 5) is 10.3. The fraction of sp³-hybridized carbons (Fsp3) is 0.417. The van der Waals surface area contributed by atoms with Crippen LogP contribution in [0.5, 0.6) is 0 Å². The number of nitrogens with one attached hydrogen (secondary N) is 1. The van der Waals surface area contributed by atoms with Gasteiger partial charge in [0.05, 0.1) is 22.5 Å². The van der Waals surface area contributed by atoms with Crippen LogP contribution >= 0.6 is 11.8 Å². The molecule has 0 aliphatic rings. The normalized spacial score (nSPS) is 13.8. The largest absolute Gasteiger partial charge is 0.548 e. The third kappa shape index (κ3) is 5.18. The van der Waals surface area contributed by atoms with Crippen LogP contribution in [0.15, 0.2) is 29.2 Å². The van der Waals surface area contributed by atoms with Crippen molar-refractivity contribution in [2.45, 2.75) is 23.5 Å². The molecule has 5 nitrogen and oxygen atoms in total. The van der Waals surface area contributed by atoms with Gasteiger partial charge in [-0.15, -0.1) is 0 Å². The molecule has 1 N–H and O–H groups in total. The van der Waals surface area contributed by atoms with Crippen LogP contribution in [-0.4, -0.2) is 32.4 Å². The molecule has 0 aliphatic heterocycles. The van der Waals surface area contributed by atoms with Crippen LogP contribution in [0.25, 0.3) is 0 Å². The molecule has 0 spiro atoms. The van der Waals surface area contributed by atoms with E-state index in [4.69, 9.17) is 0 Å². The molecule has 124 valence electrons. The third-order valence-electron chi connectivity index (χ3n) is 2.66. The van der Waals surface area contributed by atoms with Crippen molar-refractivity contribution in [1.82, 2.24) is 4.72 Å². The number of aliphatic carboxylic acids is 1. The second-order valence-electron chi connectivity index (χ2n) is 4.30. The van der Waals surface area contributed by atoms with E-state index in [-0.39, 0.29) is 6.42 Å². The smallest absolute Gasteiger partial charge is 0.416 e. The van der Waals surface area contributed by atoms with Crippen LogP contribution in [-0.2, 0) is 21.0 Å². The Morgan fingerprint density at radius 1 is 1.41 bits per heavy atom. The molecular formula is C12H13F3NO4S2-. The molecule has 1 unspecified atom stereocenters. The van der Waals surface area contributed by atoms with Gasteiger partial charge in [-0.25, -0.2) is 13.1 Å². The van der Waals surface area contributed by atoms with Gasteiger partial charge < -0.3 is 9.90 Å². The molecule has 0 radical (unpaired) electrons. The highest BCUT2D eigenvalue weighted by Gasteiger charge is 2.32. The van der Waals surface area contributed by atoms with E-state index >= 15 is 0 Å². The highest BCUT2D eigenvalue weighted by Crippen LogP contribution is 2.30. The number of carbonyl (C=O) groups excluding carboxylic acids is 1. The van der Waals surface area contributed by atoms with E-state index in [9.17, 15) is 31.5 Å². The summed E-state index contributed by atoms with van der Waals surface area (Å²) in [6.45, 7) is 0. The first-order valence-corrected chi connectivity index (χ1v) is 8.85. The molecule has 0 aromatic heterocycles. The van der Waals surface area contributed by atoms with Crippen molar-refractivity contribution in [2.24, 2.45) is 0 Å². The van der Waals surface area contributed by atoms with E-state index in [0.29, 0.717) is 11.8 Å². The first kappa shape index (κ1) is 18.8. The number of hydrogen-bond donors (Lipinski definition) is 1. The van der Waals surface area contributed by atoms with Crippen molar-refractivity contribution < 1.29 is 31.5 Å². The summed E-state index contributed by atoms with van der Waals surface area (Å²) >= 11 is 1.30. The zero-order chi connectivity index (χ0) is 17.0. The zero-order valence-electron chi connectivity index (χ0n) is 11.4. The van der Waals surface area contributed by atoms with Crippen molar-refractivity contribution in [2.75, 3.05) is 12.0 Å². The predicted octanol–water partition coefficient (Wildman–Crippen LogP) is 0.855. The number of carbonyl (C=O) groups is 1. The maximum absolute atomic E-state index is 12.6. The topological polar surface area (TPSA) is 86.3 Å². The number of thioether (sulfide) groups is 1. The van der Waals surface area contributed by atoms with Crippen LogP contribution in [0, 0.1) is 0 Å². The first-order valence-electron chi connectivity index (χ1n) is 5.97. The molecule has 1 aromatic carbocycles. The minimum absolute atomic E-state index is 0.0400. The van der Waals surface area contributed by atoms with Gasteiger partial charge in [0.15, 0.2) is 0 Å². The lowest BCUT2D eigenvalue weighted by Crippen LogP contribution is -2.48. The van der Waals surface area contributed by atoms with Crippen molar-refractivity contribution in [3.8, 4) is 0 Å². The number of carboxylic acids is 1. The molecule has 0 amide bonds. The number of halogens is 3. The Morgan fingerprint density at radius 2 is 2.05 bits per heavy atom. The van der Waals surface area contributed by atoms with Gasteiger partial charge in [0, 0.05) is 0 Å². The lowest BCUT2D eigenvalue weighted by Gasteiger charge is -2.19. The molecule has 1 atom stereocenters. The van der Waals surface area contributed by atoms with Gasteiger partial charge in [0.1, 0.15) is 0 Å². The lowest BCUT2D eigenvalue weighted by atomic mass is 10.2. The maximum Gasteiger partial charge on any atom is 0.416 e. The molecule has 0 saturated heterocycles. The van der Waals surface area contributed by atoms with Gasteiger partial charge in [0.25, 0.3) is 0 Å². The molecule has 22 heavy (non-hydrogen) atoms. The zero-order valence-corrected chi connectivity index (χ0v) is 13.0. The molecule has 0 saturated carbocycles. The average molecular weight is 356 g/mol. The van der Waals surface area contributed by atoms with Gasteiger partial charge in [0.2, 0.25) is 10.0 Å². The minimum Gasteiger partial charge on any atom is -0.548 e. The summed E-state index contributed by atoms with van der Waals surface area (Å²) in [6, 6.07) is 1.56. The van der Waals surface area contributed by atoms with E-state index in [2.05, 4.69) is 0 Å². The van der Waals surface area contributed by atoms with Gasteiger partial charge in [-0.3, -0.25) is 0 Å². The van der Waals surface area contributed by atoms with Gasteiger partial charge in [-0.1, -0.05) is 6.07 Å². The number of carboxylic acid groups (broad SMARTS) is 1. The fourth-order valence-electron chi connectivity index (χ4n) is 1.56. The number of alkyl halides is 3. The van der Waals surface area contributed by atoms with E-state index in [1.54, 1.807) is 6.26 Å². The molecule has 1 rings (SSSR count). The van der Waals surface area contributed by atoms with E-state index in [0.717, 1.165) is 18.2 Å². The Hall–Kier alpha value is -1.26. The van der Waals surface area contributed by atoms with Crippen molar-refractivity contribution in [3.63, 3.8) is 0 Å². The fourth-order valence-corrected chi connectivity index (χ4v) is 3.29. The van der Waals surface area contributed by atoms with Crippen LogP contribution in [0.2, 0.25) is 0 Å². The van der Waals surface area contributed by atoms with Gasteiger partial charge in [-0.05, 0) is 36.6 Å². The maximum atomic E-state index is 12.6. The number of sulfonamides is 1. The molecule has 1 aromatic rings. The van der Waals surface area contributed by atoms with Crippen LogP contribution < -0.4 is 9.83 Å². The summed E-state index contributed by atoms with van der Waals surface area (Å²) in [5.41, 5.74) is -1.13. The Kier molecular flexibility index (Phi) is 6.27. The van der Waals surface area contributed by atoms with Gasteiger partial charge in [-0.2, -0.15) is 24.9 Å². The van der Waals surface area contributed by atoms with E-state index < -0.39 is 38.7 Å². The van der Waals surface area contributed by atoms with Crippen molar-refractivity contribution >= 4 is 27.8 Å². The molecule has 10 heteroatoms. The second-order valence-corrected chi connectivity index (χ2v) is 7.00. The predicted molar refractivity (Wildman–Crippen MR) is 73.6 cm³/mol. The summed E-state index contributed by atoms with van der Waals surface area (Å²) in [7, 11) is -4.40. The summed E-state index contributed by atoms with van der Waals surface area (Å²) < 4.78 is 63.7. The summed E-state index contributed by atoms with van der Waals surface area (Å²) in [5, 5.41) is 10.9. The highest BCUT2D eigenvalue weighted by molar-refractivity contribution is 7.98. The number of hydrogen-bond acceptors (Lipinski definition) is 5. The molecular weight excluding hydrogens is 343 g/mol. The Labute approximate surface area is 130 Å². The highest BCUT2D eigenvalue weighted by atomic mass is 32.2. The van der Waals surface area contributed by atoms with Gasteiger partial charge >= 0.3 is 6.18 Å². The lowest BCUT2D eigenvalue weighted by molar-refractivity contribution is -0.308. The van der Waals surface area contributed by atoms with Crippen LogP contribution in [0.1, 0.15) is 12.0 Å². The Balaban J connectivity index is 3.05. The number of benzene rings is 1.